The second kappa shape index (κ2) is 3.59. The molecule has 1 atom stereocenters. The van der Waals surface area contributed by atoms with Crippen molar-refractivity contribution in [2.45, 2.75) is 48.0 Å². The molecule has 0 saturated carbocycles. The summed E-state index contributed by atoms with van der Waals surface area (Å²) >= 11 is 0. The minimum Gasteiger partial charge on any atom is -0.303 e. The number of hydrogen-bond acceptors (Lipinski definition) is 1. The third-order valence-electron chi connectivity index (χ3n) is 3.61. The smallest absolute Gasteiger partial charge is 0.120 e. The first kappa shape index (κ1) is 11.7. The van der Waals surface area contributed by atoms with Crippen molar-refractivity contribution in [1.29, 1.82) is 0 Å². The molecule has 0 radical (unpaired) electrons. The van der Waals surface area contributed by atoms with E-state index in [0.717, 1.165) is 6.29 Å². The van der Waals surface area contributed by atoms with E-state index in [1.165, 1.54) is 0 Å². The number of hydrogen-bond donors (Lipinski definition) is 0. The van der Waals surface area contributed by atoms with Crippen molar-refractivity contribution >= 4 is 6.29 Å². The van der Waals surface area contributed by atoms with E-state index in [9.17, 15) is 4.79 Å². The molecule has 0 bridgehead atoms. The summed E-state index contributed by atoms with van der Waals surface area (Å²) < 4.78 is 0. The maximum absolute atomic E-state index is 10.4. The van der Waals surface area contributed by atoms with Crippen molar-refractivity contribution in [2.75, 3.05) is 0 Å². The van der Waals surface area contributed by atoms with E-state index in [0.29, 0.717) is 12.3 Å². The molecule has 0 aliphatic heterocycles. The Kier molecular flexibility index (Phi) is 3.49. The van der Waals surface area contributed by atoms with Crippen LogP contribution in [0.15, 0.2) is 0 Å². The molecule has 1 nitrogen and oxygen atoms in total. The molecular formula is C11H22O. The number of carbonyl (C=O) groups excluding carboxylic acids is 1. The zero-order valence-corrected chi connectivity index (χ0v) is 9.27. The highest BCUT2D eigenvalue weighted by Crippen LogP contribution is 2.44. The molecule has 0 aliphatic carbocycles. The van der Waals surface area contributed by atoms with Crippen molar-refractivity contribution in [3.8, 4) is 0 Å². The predicted molar refractivity (Wildman–Crippen MR) is 53.1 cm³/mol. The molecule has 0 saturated heterocycles. The molecule has 0 aromatic rings. The Bertz CT molecular complexity index is 151. The first-order valence-electron chi connectivity index (χ1n) is 4.67. The lowest BCUT2D eigenvalue weighted by molar-refractivity contribution is -0.110. The van der Waals surface area contributed by atoms with E-state index >= 15 is 0 Å². The van der Waals surface area contributed by atoms with Crippen LogP contribution >= 0.6 is 0 Å². The fraction of sp³-hybridized carbons (Fsp3) is 0.909. The molecule has 0 aromatic heterocycles. The molecule has 0 heterocycles. The Labute approximate surface area is 76.6 Å². The van der Waals surface area contributed by atoms with Gasteiger partial charge in [0.2, 0.25) is 0 Å². The van der Waals surface area contributed by atoms with Crippen LogP contribution in [0.2, 0.25) is 0 Å². The molecule has 72 valence electrons. The third-order valence-corrected chi connectivity index (χ3v) is 3.61. The monoisotopic (exact) mass is 170 g/mol. The molecule has 0 aromatic carbocycles. The molecular weight excluding hydrogens is 148 g/mol. The van der Waals surface area contributed by atoms with Crippen LogP contribution in [-0.2, 0) is 4.79 Å². The van der Waals surface area contributed by atoms with Gasteiger partial charge in [0.1, 0.15) is 6.29 Å². The van der Waals surface area contributed by atoms with E-state index in [2.05, 4.69) is 41.5 Å². The first-order valence-corrected chi connectivity index (χ1v) is 4.67. The molecule has 0 aliphatic rings. The van der Waals surface area contributed by atoms with Gasteiger partial charge in [0.25, 0.3) is 0 Å². The highest BCUT2D eigenvalue weighted by molar-refractivity contribution is 5.49. The predicted octanol–water partition coefficient (Wildman–Crippen LogP) is 3.28. The summed E-state index contributed by atoms with van der Waals surface area (Å²) in [7, 11) is 0. The fourth-order valence-corrected chi connectivity index (χ4v) is 1.18. The average molecular weight is 170 g/mol. The SMILES string of the molecule is CC(CC=O)C(C)(C)C(C)(C)C. The van der Waals surface area contributed by atoms with Gasteiger partial charge in [-0.25, -0.2) is 0 Å². The highest BCUT2D eigenvalue weighted by atomic mass is 16.1. The third kappa shape index (κ3) is 2.33. The quantitative estimate of drug-likeness (QED) is 0.594. The van der Waals surface area contributed by atoms with Crippen LogP contribution in [0.3, 0.4) is 0 Å². The van der Waals surface area contributed by atoms with Crippen LogP contribution in [0.25, 0.3) is 0 Å². The molecule has 0 spiro atoms. The zero-order valence-electron chi connectivity index (χ0n) is 9.27. The Hall–Kier alpha value is -0.330. The molecule has 0 fully saturated rings. The van der Waals surface area contributed by atoms with E-state index in [4.69, 9.17) is 0 Å². The fourth-order valence-electron chi connectivity index (χ4n) is 1.18. The Morgan fingerprint density at radius 3 is 1.83 bits per heavy atom. The van der Waals surface area contributed by atoms with Gasteiger partial charge in [-0.2, -0.15) is 0 Å². The maximum atomic E-state index is 10.4. The first-order chi connectivity index (χ1) is 5.23. The second-order valence-electron chi connectivity index (χ2n) is 5.28. The number of carbonyl (C=O) groups is 1. The Balaban J connectivity index is 4.48. The minimum atomic E-state index is 0.216. The summed E-state index contributed by atoms with van der Waals surface area (Å²) in [6, 6.07) is 0. The van der Waals surface area contributed by atoms with Crippen LogP contribution in [0, 0.1) is 16.7 Å². The van der Waals surface area contributed by atoms with Gasteiger partial charge < -0.3 is 4.79 Å². The largest absolute Gasteiger partial charge is 0.303 e. The lowest BCUT2D eigenvalue weighted by Crippen LogP contribution is -2.35. The topological polar surface area (TPSA) is 17.1 Å². The van der Waals surface area contributed by atoms with Gasteiger partial charge in [0.05, 0.1) is 0 Å². The number of rotatable bonds is 3. The van der Waals surface area contributed by atoms with Crippen molar-refractivity contribution in [1.82, 2.24) is 0 Å². The number of aldehydes is 1. The van der Waals surface area contributed by atoms with Gasteiger partial charge in [-0.1, -0.05) is 41.5 Å². The summed E-state index contributed by atoms with van der Waals surface area (Å²) in [5.74, 6) is 0.454. The van der Waals surface area contributed by atoms with Gasteiger partial charge in [-0.3, -0.25) is 0 Å². The van der Waals surface area contributed by atoms with Gasteiger partial charge in [0, 0.05) is 6.42 Å². The van der Waals surface area contributed by atoms with E-state index in [1.54, 1.807) is 0 Å². The lowest BCUT2D eigenvalue weighted by Gasteiger charge is -2.43. The van der Waals surface area contributed by atoms with Crippen molar-refractivity contribution in [3.05, 3.63) is 0 Å². The van der Waals surface area contributed by atoms with Gasteiger partial charge >= 0.3 is 0 Å². The zero-order chi connectivity index (χ0) is 9.99. The summed E-state index contributed by atoms with van der Waals surface area (Å²) in [5.41, 5.74) is 0.476. The van der Waals surface area contributed by atoms with Crippen molar-refractivity contribution in [2.24, 2.45) is 16.7 Å². The van der Waals surface area contributed by atoms with Gasteiger partial charge in [-0.15, -0.1) is 0 Å². The highest BCUT2D eigenvalue weighted by Gasteiger charge is 2.37. The van der Waals surface area contributed by atoms with E-state index < -0.39 is 0 Å². The van der Waals surface area contributed by atoms with Gasteiger partial charge in [-0.05, 0) is 16.7 Å². The molecule has 0 rings (SSSR count). The van der Waals surface area contributed by atoms with Crippen LogP contribution in [0.4, 0.5) is 0 Å². The normalized spacial score (nSPS) is 15.8. The summed E-state index contributed by atoms with van der Waals surface area (Å²) in [4.78, 5) is 10.4. The van der Waals surface area contributed by atoms with E-state index in [1.807, 2.05) is 0 Å². The van der Waals surface area contributed by atoms with Crippen molar-refractivity contribution in [3.63, 3.8) is 0 Å². The standard InChI is InChI=1S/C11H22O/c1-9(7-8-12)11(5,6)10(2,3)4/h8-9H,7H2,1-6H3. The van der Waals surface area contributed by atoms with Crippen LogP contribution < -0.4 is 0 Å². The second-order valence-corrected chi connectivity index (χ2v) is 5.28. The van der Waals surface area contributed by atoms with Crippen LogP contribution in [0.5, 0.6) is 0 Å². The minimum absolute atomic E-state index is 0.216. The van der Waals surface area contributed by atoms with E-state index in [-0.39, 0.29) is 10.8 Å². The molecule has 0 N–H and O–H groups in total. The summed E-state index contributed by atoms with van der Waals surface area (Å²) in [6.45, 7) is 13.3. The summed E-state index contributed by atoms with van der Waals surface area (Å²) in [5, 5.41) is 0. The van der Waals surface area contributed by atoms with Crippen LogP contribution in [0.1, 0.15) is 48.0 Å². The molecule has 1 unspecified atom stereocenters. The molecule has 1 heteroatoms. The Morgan fingerprint density at radius 2 is 1.58 bits per heavy atom. The maximum Gasteiger partial charge on any atom is 0.120 e. The van der Waals surface area contributed by atoms with Crippen LogP contribution in [-0.4, -0.2) is 6.29 Å². The Morgan fingerprint density at radius 1 is 1.17 bits per heavy atom. The summed E-state index contributed by atoms with van der Waals surface area (Å²) in [6.07, 6.45) is 1.70. The molecule has 0 amide bonds. The van der Waals surface area contributed by atoms with Gasteiger partial charge in [0.15, 0.2) is 0 Å². The molecule has 12 heavy (non-hydrogen) atoms. The van der Waals surface area contributed by atoms with Crippen molar-refractivity contribution < 1.29 is 4.79 Å². The average Bonchev–Trinajstić information content (AvgIpc) is 1.85. The lowest BCUT2D eigenvalue weighted by atomic mass is 9.62.